The molecule has 2 fully saturated rings. The van der Waals surface area contributed by atoms with Crippen molar-refractivity contribution in [3.05, 3.63) is 34.9 Å². The Labute approximate surface area is 196 Å². The lowest BCUT2D eigenvalue weighted by molar-refractivity contribution is 0.0896. The highest BCUT2D eigenvalue weighted by Crippen LogP contribution is 2.41. The van der Waals surface area contributed by atoms with Gasteiger partial charge in [0.2, 0.25) is 0 Å². The summed E-state index contributed by atoms with van der Waals surface area (Å²) < 4.78 is 0. The summed E-state index contributed by atoms with van der Waals surface area (Å²) in [4.78, 5) is 7.21. The average molecular weight is 454 g/mol. The number of rotatable bonds is 3. The molecule has 2 aromatic rings. The SMILES string of the molecule is CB(O)N1C2CCC[C@H]1CC(N1CCCN(C)c3cc(-c4ccc(Cl)cc4C)nnc31)C2. The Kier molecular flexibility index (Phi) is 6.08. The first-order valence-corrected chi connectivity index (χ1v) is 12.4. The van der Waals surface area contributed by atoms with Crippen LogP contribution in [-0.2, 0) is 0 Å². The Morgan fingerprint density at radius 1 is 1.03 bits per heavy atom. The molecule has 3 aliphatic rings. The summed E-state index contributed by atoms with van der Waals surface area (Å²) in [6, 6.07) is 9.50. The van der Waals surface area contributed by atoms with Gasteiger partial charge in [-0.25, -0.2) is 0 Å². The van der Waals surface area contributed by atoms with Crippen molar-refractivity contribution in [2.45, 2.75) is 70.4 Å². The third-order valence-corrected chi connectivity index (χ3v) is 7.91. The number of hydrogen-bond donors (Lipinski definition) is 1. The Morgan fingerprint density at radius 3 is 2.47 bits per heavy atom. The molecular formula is C24H33BClN5O. The molecule has 2 saturated heterocycles. The van der Waals surface area contributed by atoms with E-state index in [4.69, 9.17) is 16.7 Å². The molecule has 0 radical (unpaired) electrons. The Hall–Kier alpha value is -1.83. The van der Waals surface area contributed by atoms with Crippen LogP contribution in [0.5, 0.6) is 0 Å². The van der Waals surface area contributed by atoms with Crippen molar-refractivity contribution < 1.29 is 5.02 Å². The first kappa shape index (κ1) is 22.0. The smallest absolute Gasteiger partial charge is 0.376 e. The van der Waals surface area contributed by atoms with Crippen molar-refractivity contribution in [2.75, 3.05) is 29.9 Å². The van der Waals surface area contributed by atoms with Gasteiger partial charge in [-0.2, -0.15) is 0 Å². The van der Waals surface area contributed by atoms with Gasteiger partial charge in [0, 0.05) is 48.8 Å². The molecule has 3 aliphatic heterocycles. The van der Waals surface area contributed by atoms with Crippen LogP contribution in [0.4, 0.5) is 11.5 Å². The number of aryl methyl sites for hydroxylation is 1. The number of aromatic nitrogens is 2. The average Bonchev–Trinajstić information content (AvgIpc) is 2.91. The topological polar surface area (TPSA) is 55.7 Å². The monoisotopic (exact) mass is 453 g/mol. The van der Waals surface area contributed by atoms with E-state index in [1.54, 1.807) is 0 Å². The number of fused-ring (bicyclic) bond motifs is 3. The van der Waals surface area contributed by atoms with E-state index in [1.165, 1.54) is 19.3 Å². The van der Waals surface area contributed by atoms with Gasteiger partial charge >= 0.3 is 7.05 Å². The lowest BCUT2D eigenvalue weighted by Gasteiger charge is -2.52. The molecule has 4 heterocycles. The maximum atomic E-state index is 10.4. The quantitative estimate of drug-likeness (QED) is 0.701. The molecular weight excluding hydrogens is 421 g/mol. The van der Waals surface area contributed by atoms with Crippen LogP contribution in [0.1, 0.15) is 44.1 Å². The third-order valence-electron chi connectivity index (χ3n) is 7.67. The van der Waals surface area contributed by atoms with E-state index in [9.17, 15) is 5.02 Å². The minimum atomic E-state index is -0.362. The molecule has 2 unspecified atom stereocenters. The molecule has 0 saturated carbocycles. The zero-order valence-electron chi connectivity index (χ0n) is 19.3. The van der Waals surface area contributed by atoms with Crippen LogP contribution in [0.3, 0.4) is 0 Å². The first-order valence-electron chi connectivity index (χ1n) is 12.0. The lowest BCUT2D eigenvalue weighted by Crippen LogP contribution is -2.61. The summed E-state index contributed by atoms with van der Waals surface area (Å²) in [7, 11) is 1.80. The number of anilines is 2. The van der Waals surface area contributed by atoms with Crippen molar-refractivity contribution in [1.82, 2.24) is 15.0 Å². The normalized spacial score (nSPS) is 26.0. The zero-order valence-corrected chi connectivity index (χ0v) is 20.1. The van der Waals surface area contributed by atoms with Gasteiger partial charge in [-0.1, -0.05) is 24.1 Å². The third kappa shape index (κ3) is 3.99. The van der Waals surface area contributed by atoms with Gasteiger partial charge in [0.25, 0.3) is 0 Å². The highest BCUT2D eigenvalue weighted by Gasteiger charge is 2.43. The zero-order chi connectivity index (χ0) is 22.4. The van der Waals surface area contributed by atoms with Crippen molar-refractivity contribution in [3.63, 3.8) is 0 Å². The Morgan fingerprint density at radius 2 is 1.78 bits per heavy atom. The summed E-state index contributed by atoms with van der Waals surface area (Å²) >= 11 is 6.17. The molecule has 0 spiro atoms. The van der Waals surface area contributed by atoms with Gasteiger partial charge in [0.1, 0.15) is 0 Å². The van der Waals surface area contributed by atoms with E-state index in [-0.39, 0.29) is 7.05 Å². The van der Waals surface area contributed by atoms with Crippen LogP contribution in [-0.4, -0.2) is 65.3 Å². The summed E-state index contributed by atoms with van der Waals surface area (Å²) in [5, 5.41) is 20.6. The fraction of sp³-hybridized carbons (Fsp3) is 0.583. The molecule has 32 heavy (non-hydrogen) atoms. The molecule has 1 aromatic heterocycles. The van der Waals surface area contributed by atoms with Crippen molar-refractivity contribution in [1.29, 1.82) is 0 Å². The van der Waals surface area contributed by atoms with Gasteiger partial charge in [-0.15, -0.1) is 10.2 Å². The summed E-state index contributed by atoms with van der Waals surface area (Å²) in [6.07, 6.45) is 6.91. The predicted octanol–water partition coefficient (Wildman–Crippen LogP) is 4.25. The second-order valence-corrected chi connectivity index (χ2v) is 10.2. The van der Waals surface area contributed by atoms with Crippen molar-refractivity contribution in [2.24, 2.45) is 0 Å². The molecule has 0 amide bonds. The van der Waals surface area contributed by atoms with Crippen LogP contribution in [0.15, 0.2) is 24.3 Å². The Bertz CT molecular complexity index is 975. The van der Waals surface area contributed by atoms with Gasteiger partial charge in [0.15, 0.2) is 5.82 Å². The predicted molar refractivity (Wildman–Crippen MR) is 133 cm³/mol. The molecule has 5 rings (SSSR count). The van der Waals surface area contributed by atoms with Crippen LogP contribution in [0.2, 0.25) is 11.8 Å². The van der Waals surface area contributed by atoms with Crippen LogP contribution >= 0.6 is 11.6 Å². The van der Waals surface area contributed by atoms with Gasteiger partial charge < -0.3 is 19.6 Å². The molecule has 8 heteroatoms. The fourth-order valence-electron chi connectivity index (χ4n) is 6.22. The van der Waals surface area contributed by atoms with Crippen LogP contribution in [0, 0.1) is 6.92 Å². The minimum absolute atomic E-state index is 0.362. The molecule has 1 aromatic carbocycles. The largest absolute Gasteiger partial charge is 0.437 e. The number of benzene rings is 1. The van der Waals surface area contributed by atoms with E-state index in [1.807, 2.05) is 25.0 Å². The highest BCUT2D eigenvalue weighted by atomic mass is 35.5. The van der Waals surface area contributed by atoms with Gasteiger partial charge in [-0.3, -0.25) is 0 Å². The first-order chi connectivity index (χ1) is 15.4. The number of halogens is 1. The maximum Gasteiger partial charge on any atom is 0.376 e. The van der Waals surface area contributed by atoms with E-state index >= 15 is 0 Å². The van der Waals surface area contributed by atoms with E-state index in [0.717, 1.165) is 65.7 Å². The molecule has 2 bridgehead atoms. The van der Waals surface area contributed by atoms with Crippen LogP contribution in [0.25, 0.3) is 11.3 Å². The summed E-state index contributed by atoms with van der Waals surface area (Å²) in [5.74, 6) is 1.01. The summed E-state index contributed by atoms with van der Waals surface area (Å²) in [6.45, 7) is 6.00. The second-order valence-electron chi connectivity index (χ2n) is 9.81. The van der Waals surface area contributed by atoms with Gasteiger partial charge in [-0.05, 0) is 69.6 Å². The van der Waals surface area contributed by atoms with E-state index in [0.29, 0.717) is 18.1 Å². The number of hydrogen-bond acceptors (Lipinski definition) is 6. The maximum absolute atomic E-state index is 10.4. The molecule has 170 valence electrons. The van der Waals surface area contributed by atoms with Crippen molar-refractivity contribution in [3.8, 4) is 11.3 Å². The van der Waals surface area contributed by atoms with E-state index < -0.39 is 0 Å². The molecule has 1 N–H and O–H groups in total. The molecule has 6 nitrogen and oxygen atoms in total. The highest BCUT2D eigenvalue weighted by molar-refractivity contribution is 6.45. The number of piperidine rings is 2. The molecule has 0 aliphatic carbocycles. The summed E-state index contributed by atoms with van der Waals surface area (Å²) in [5.41, 5.74) is 4.24. The van der Waals surface area contributed by atoms with E-state index in [2.05, 4.69) is 39.7 Å². The van der Waals surface area contributed by atoms with Gasteiger partial charge in [0.05, 0.1) is 11.4 Å². The van der Waals surface area contributed by atoms with Crippen LogP contribution < -0.4 is 9.80 Å². The van der Waals surface area contributed by atoms with Crippen molar-refractivity contribution >= 4 is 30.2 Å². The number of nitrogens with zero attached hydrogens (tertiary/aromatic N) is 5. The Balaban J connectivity index is 1.48. The lowest BCUT2D eigenvalue weighted by atomic mass is 9.70. The minimum Gasteiger partial charge on any atom is -0.437 e. The second kappa shape index (κ2) is 8.84. The fourth-order valence-corrected chi connectivity index (χ4v) is 6.45. The molecule has 3 atom stereocenters. The standard InChI is InChI=1S/C24H33BClN5O/c1-16-12-17(26)8-9-21(16)22-15-23-24(28-27-22)30(11-5-10-29(23)3)20-13-18-6-4-7-19(14-20)31(18)25(2)32/h8-9,12,15,18-20,32H,4-7,10-11,13-14H2,1-3H3/t18-,19?,20?/m0/s1.